The highest BCUT2D eigenvalue weighted by Crippen LogP contribution is 2.39. The van der Waals surface area contributed by atoms with Gasteiger partial charge in [0.05, 0.1) is 17.4 Å². The molecular formula is C21H28ClN7. The van der Waals surface area contributed by atoms with Gasteiger partial charge in [0.2, 0.25) is 0 Å². The van der Waals surface area contributed by atoms with Crippen LogP contribution in [0.3, 0.4) is 0 Å². The van der Waals surface area contributed by atoms with Crippen LogP contribution in [0, 0.1) is 26.7 Å². The molecule has 0 spiro atoms. The van der Waals surface area contributed by atoms with Crippen LogP contribution in [0.4, 0.5) is 5.82 Å². The van der Waals surface area contributed by atoms with E-state index in [1.807, 2.05) is 48.3 Å². The number of rotatable bonds is 5. The molecule has 154 valence electrons. The molecule has 0 aliphatic carbocycles. The smallest absolute Gasteiger partial charge is 0.176 e. The molecule has 1 atom stereocenters. The molecule has 0 aromatic carbocycles. The van der Waals surface area contributed by atoms with Crippen molar-refractivity contribution in [2.75, 3.05) is 11.4 Å². The van der Waals surface area contributed by atoms with Gasteiger partial charge in [-0.2, -0.15) is 10.2 Å². The molecule has 1 unspecified atom stereocenters. The van der Waals surface area contributed by atoms with Gasteiger partial charge in [-0.3, -0.25) is 4.68 Å². The lowest BCUT2D eigenvalue weighted by Crippen LogP contribution is -2.24. The van der Waals surface area contributed by atoms with E-state index in [4.69, 9.17) is 16.7 Å². The Kier molecular flexibility index (Phi) is 5.34. The van der Waals surface area contributed by atoms with Crippen LogP contribution in [0.2, 0.25) is 5.15 Å². The van der Waals surface area contributed by atoms with Gasteiger partial charge in [0, 0.05) is 24.3 Å². The largest absolute Gasteiger partial charge is 0.348 e. The average Bonchev–Trinajstić information content (AvgIpc) is 3.33. The molecule has 0 N–H and O–H groups in total. The van der Waals surface area contributed by atoms with Crippen LogP contribution in [0.5, 0.6) is 0 Å². The lowest BCUT2D eigenvalue weighted by Gasteiger charge is -2.25. The average molecular weight is 414 g/mol. The van der Waals surface area contributed by atoms with Crippen molar-refractivity contribution in [2.24, 2.45) is 5.92 Å². The Balaban J connectivity index is 1.62. The quantitative estimate of drug-likeness (QED) is 0.618. The van der Waals surface area contributed by atoms with E-state index in [0.717, 1.165) is 65.4 Å². The summed E-state index contributed by atoms with van der Waals surface area (Å²) >= 11 is 6.76. The maximum atomic E-state index is 6.76. The monoisotopic (exact) mass is 413 g/mol. The van der Waals surface area contributed by atoms with Crippen LogP contribution in [0.15, 0.2) is 18.2 Å². The molecule has 0 radical (unpaired) electrons. The van der Waals surface area contributed by atoms with Crippen LogP contribution in [0.25, 0.3) is 5.82 Å². The highest BCUT2D eigenvalue weighted by Gasteiger charge is 2.32. The minimum absolute atomic E-state index is 0.178. The molecule has 3 aromatic rings. The molecule has 3 aromatic heterocycles. The fourth-order valence-electron chi connectivity index (χ4n) is 4.20. The molecule has 4 rings (SSSR count). The summed E-state index contributed by atoms with van der Waals surface area (Å²) in [4.78, 5) is 2.30. The van der Waals surface area contributed by atoms with Crippen LogP contribution < -0.4 is 4.90 Å². The SMILES string of the molecule is Cc1cc(C)n(-c2ccc(N3CCCC3c3c(C)nn(CC(C)C)c3Cl)nn2)n1. The summed E-state index contributed by atoms with van der Waals surface area (Å²) in [7, 11) is 0. The van der Waals surface area contributed by atoms with E-state index in [-0.39, 0.29) is 6.04 Å². The Morgan fingerprint density at radius 2 is 1.83 bits per heavy atom. The van der Waals surface area contributed by atoms with Gasteiger partial charge in [-0.1, -0.05) is 25.4 Å². The first-order chi connectivity index (χ1) is 13.8. The lowest BCUT2D eigenvalue weighted by molar-refractivity contribution is 0.481. The second-order valence-electron chi connectivity index (χ2n) is 8.31. The maximum absolute atomic E-state index is 6.76. The van der Waals surface area contributed by atoms with Crippen LogP contribution >= 0.6 is 11.6 Å². The molecule has 8 heteroatoms. The maximum Gasteiger partial charge on any atom is 0.176 e. The minimum Gasteiger partial charge on any atom is -0.348 e. The van der Waals surface area contributed by atoms with E-state index in [1.54, 1.807) is 0 Å². The summed E-state index contributed by atoms with van der Waals surface area (Å²) in [6.07, 6.45) is 2.13. The number of aryl methyl sites for hydroxylation is 3. The fraction of sp³-hybridized carbons (Fsp3) is 0.524. The van der Waals surface area contributed by atoms with Crippen molar-refractivity contribution in [1.82, 2.24) is 29.8 Å². The molecule has 29 heavy (non-hydrogen) atoms. The molecule has 1 aliphatic heterocycles. The van der Waals surface area contributed by atoms with E-state index < -0.39 is 0 Å². The predicted molar refractivity (Wildman–Crippen MR) is 115 cm³/mol. The van der Waals surface area contributed by atoms with Crippen molar-refractivity contribution in [1.29, 1.82) is 0 Å². The summed E-state index contributed by atoms with van der Waals surface area (Å²) in [6.45, 7) is 12.2. The molecule has 1 saturated heterocycles. The van der Waals surface area contributed by atoms with Crippen molar-refractivity contribution < 1.29 is 0 Å². The number of halogens is 1. The first-order valence-electron chi connectivity index (χ1n) is 10.2. The molecular weight excluding hydrogens is 386 g/mol. The summed E-state index contributed by atoms with van der Waals surface area (Å²) in [6, 6.07) is 6.22. The second kappa shape index (κ2) is 7.78. The third-order valence-corrected chi connectivity index (χ3v) is 5.79. The summed E-state index contributed by atoms with van der Waals surface area (Å²) < 4.78 is 3.76. The van der Waals surface area contributed by atoms with Gasteiger partial charge in [0.25, 0.3) is 0 Å². The number of nitrogens with zero attached hydrogens (tertiary/aromatic N) is 7. The van der Waals surface area contributed by atoms with Crippen molar-refractivity contribution >= 4 is 17.4 Å². The summed E-state index contributed by atoms with van der Waals surface area (Å²) in [5.74, 6) is 2.09. The summed E-state index contributed by atoms with van der Waals surface area (Å²) in [5, 5.41) is 18.9. The van der Waals surface area contributed by atoms with Crippen LogP contribution in [0.1, 0.15) is 55.4 Å². The van der Waals surface area contributed by atoms with E-state index >= 15 is 0 Å². The summed E-state index contributed by atoms with van der Waals surface area (Å²) in [5.41, 5.74) is 4.13. The van der Waals surface area contributed by atoms with Gasteiger partial charge in [0.15, 0.2) is 11.6 Å². The Hall–Kier alpha value is -2.41. The Labute approximate surface area is 176 Å². The first kappa shape index (κ1) is 19.9. The Bertz CT molecular complexity index is 1000. The highest BCUT2D eigenvalue weighted by molar-refractivity contribution is 6.30. The number of hydrogen-bond acceptors (Lipinski definition) is 5. The van der Waals surface area contributed by atoms with Crippen LogP contribution in [-0.4, -0.2) is 36.3 Å². The zero-order valence-electron chi connectivity index (χ0n) is 17.7. The number of hydrogen-bond donors (Lipinski definition) is 0. The van der Waals surface area contributed by atoms with Crippen molar-refractivity contribution in [3.63, 3.8) is 0 Å². The Morgan fingerprint density at radius 1 is 1.10 bits per heavy atom. The molecule has 0 bridgehead atoms. The van der Waals surface area contributed by atoms with Gasteiger partial charge in [0.1, 0.15) is 5.15 Å². The van der Waals surface area contributed by atoms with E-state index in [2.05, 4.69) is 34.0 Å². The fourth-order valence-corrected chi connectivity index (χ4v) is 4.57. The molecule has 4 heterocycles. The van der Waals surface area contributed by atoms with Gasteiger partial charge < -0.3 is 4.90 Å². The van der Waals surface area contributed by atoms with E-state index in [9.17, 15) is 0 Å². The molecule has 0 saturated carbocycles. The highest BCUT2D eigenvalue weighted by atomic mass is 35.5. The Morgan fingerprint density at radius 3 is 2.45 bits per heavy atom. The van der Waals surface area contributed by atoms with Crippen molar-refractivity contribution in [3.05, 3.63) is 46.0 Å². The zero-order chi connectivity index (χ0) is 20.7. The minimum atomic E-state index is 0.178. The molecule has 1 fully saturated rings. The van der Waals surface area contributed by atoms with Crippen molar-refractivity contribution in [3.8, 4) is 5.82 Å². The third kappa shape index (κ3) is 3.75. The van der Waals surface area contributed by atoms with Gasteiger partial charge >= 0.3 is 0 Å². The normalized spacial score (nSPS) is 16.9. The standard InChI is InChI=1S/C21H28ClN7/c1-13(2)12-28-21(22)20(16(5)26-28)17-7-6-10-27(17)18-8-9-19(24-23-18)29-15(4)11-14(3)25-29/h8-9,11,13,17H,6-7,10,12H2,1-5H3. The first-order valence-corrected chi connectivity index (χ1v) is 10.6. The number of aromatic nitrogens is 6. The molecule has 0 amide bonds. The molecule has 1 aliphatic rings. The van der Waals surface area contributed by atoms with Crippen molar-refractivity contribution in [2.45, 2.75) is 60.0 Å². The molecule has 7 nitrogen and oxygen atoms in total. The van der Waals surface area contributed by atoms with Gasteiger partial charge in [-0.15, -0.1) is 10.2 Å². The number of anilines is 1. The predicted octanol–water partition coefficient (Wildman–Crippen LogP) is 4.43. The lowest BCUT2D eigenvalue weighted by atomic mass is 10.1. The van der Waals surface area contributed by atoms with Crippen LogP contribution in [-0.2, 0) is 6.54 Å². The topological polar surface area (TPSA) is 64.7 Å². The second-order valence-corrected chi connectivity index (χ2v) is 8.66. The zero-order valence-corrected chi connectivity index (χ0v) is 18.5. The van der Waals surface area contributed by atoms with E-state index in [0.29, 0.717) is 5.92 Å². The van der Waals surface area contributed by atoms with E-state index in [1.165, 1.54) is 0 Å². The third-order valence-electron chi connectivity index (χ3n) is 5.39. The van der Waals surface area contributed by atoms with Gasteiger partial charge in [-0.25, -0.2) is 4.68 Å². The van der Waals surface area contributed by atoms with Gasteiger partial charge in [-0.05, 0) is 57.7 Å².